The first-order valence-corrected chi connectivity index (χ1v) is 11.3. The van der Waals surface area contributed by atoms with Gasteiger partial charge in [-0.15, -0.1) is 0 Å². The minimum absolute atomic E-state index is 0.262. The van der Waals surface area contributed by atoms with E-state index in [4.69, 9.17) is 8.85 Å². The Morgan fingerprint density at radius 2 is 1.00 bits per heavy atom. The van der Waals surface area contributed by atoms with Crippen LogP contribution in [0.25, 0.3) is 0 Å². The summed E-state index contributed by atoms with van der Waals surface area (Å²) in [5.41, 5.74) is 0. The molecule has 21 heavy (non-hydrogen) atoms. The van der Waals surface area contributed by atoms with E-state index in [1.54, 1.807) is 0 Å². The second-order valence-electron chi connectivity index (χ2n) is 7.44. The highest BCUT2D eigenvalue weighted by Crippen LogP contribution is 2.33. The van der Waals surface area contributed by atoms with Gasteiger partial charge in [-0.1, -0.05) is 53.4 Å². The number of rotatable bonds is 12. The molecule has 0 N–H and O–H groups in total. The van der Waals surface area contributed by atoms with Crippen LogP contribution in [0.1, 0.15) is 81.1 Å². The molecule has 0 amide bonds. The lowest BCUT2D eigenvalue weighted by atomic mass is 10.1. The molecule has 0 aromatic carbocycles. The zero-order valence-electron chi connectivity index (χ0n) is 15.9. The summed E-state index contributed by atoms with van der Waals surface area (Å²) in [7, 11) is -2.12. The first-order chi connectivity index (χ1) is 9.74. The fourth-order valence-electron chi connectivity index (χ4n) is 3.41. The van der Waals surface area contributed by atoms with E-state index < -0.39 is 8.56 Å². The van der Waals surface area contributed by atoms with Gasteiger partial charge in [0.05, 0.1) is 0 Å². The molecule has 0 rings (SSSR count). The van der Waals surface area contributed by atoms with Gasteiger partial charge in [-0.05, 0) is 51.6 Å². The van der Waals surface area contributed by atoms with Crippen LogP contribution in [0.15, 0.2) is 0 Å². The van der Waals surface area contributed by atoms with Crippen LogP contribution in [0.2, 0.25) is 12.1 Å². The quantitative estimate of drug-likeness (QED) is 0.402. The van der Waals surface area contributed by atoms with Gasteiger partial charge in [0, 0.05) is 12.2 Å². The molecule has 0 radical (unpaired) electrons. The molecule has 0 aromatic heterocycles. The Morgan fingerprint density at radius 1 is 0.667 bits per heavy atom. The molecule has 0 aliphatic rings. The van der Waals surface area contributed by atoms with Gasteiger partial charge in [0.1, 0.15) is 0 Å². The van der Waals surface area contributed by atoms with Crippen molar-refractivity contribution in [3.05, 3.63) is 0 Å². The van der Waals surface area contributed by atoms with Gasteiger partial charge in [0.2, 0.25) is 0 Å². The van der Waals surface area contributed by atoms with E-state index in [1.165, 1.54) is 25.7 Å². The van der Waals surface area contributed by atoms with E-state index in [-0.39, 0.29) is 12.2 Å². The summed E-state index contributed by atoms with van der Waals surface area (Å²) in [5, 5.41) is 0. The summed E-state index contributed by atoms with van der Waals surface area (Å²) in [4.78, 5) is 0. The van der Waals surface area contributed by atoms with Crippen molar-refractivity contribution in [2.45, 2.75) is 105 Å². The van der Waals surface area contributed by atoms with E-state index in [0.29, 0.717) is 11.8 Å². The van der Waals surface area contributed by atoms with Crippen LogP contribution < -0.4 is 0 Å². The third-order valence-electron chi connectivity index (χ3n) is 3.78. The Bertz CT molecular complexity index is 228. The Balaban J connectivity index is 5.09. The average Bonchev–Trinajstić information content (AvgIpc) is 2.26. The summed E-state index contributed by atoms with van der Waals surface area (Å²) in [6, 6.07) is 2.29. The monoisotopic (exact) mass is 316 g/mol. The molecule has 0 aliphatic heterocycles. The Hall–Kier alpha value is 0.137. The summed E-state index contributed by atoms with van der Waals surface area (Å²) in [6.45, 7) is 17.9. The first-order valence-electron chi connectivity index (χ1n) is 9.10. The Kier molecular flexibility index (Phi) is 10.9. The van der Waals surface area contributed by atoms with Crippen LogP contribution in [0.5, 0.6) is 0 Å². The van der Waals surface area contributed by atoms with Gasteiger partial charge in [-0.3, -0.25) is 0 Å². The molecule has 0 aliphatic carbocycles. The lowest BCUT2D eigenvalue weighted by Crippen LogP contribution is -2.48. The van der Waals surface area contributed by atoms with E-state index in [1.807, 2.05) is 0 Å². The van der Waals surface area contributed by atoms with Gasteiger partial charge in [-0.2, -0.15) is 0 Å². The zero-order chi connectivity index (χ0) is 16.5. The zero-order valence-corrected chi connectivity index (χ0v) is 16.9. The summed E-state index contributed by atoms with van der Waals surface area (Å²) in [6.07, 6.45) is 5.58. The smallest absolute Gasteiger partial charge is 0.339 e. The molecule has 2 unspecified atom stereocenters. The predicted octanol–water partition coefficient (Wildman–Crippen LogP) is 6.15. The fourth-order valence-corrected chi connectivity index (χ4v) is 8.27. The second-order valence-corrected chi connectivity index (χ2v) is 10.5. The van der Waals surface area contributed by atoms with Crippen molar-refractivity contribution in [2.24, 2.45) is 11.8 Å². The van der Waals surface area contributed by atoms with Gasteiger partial charge in [-0.25, -0.2) is 0 Å². The summed E-state index contributed by atoms with van der Waals surface area (Å²) < 4.78 is 13.0. The van der Waals surface area contributed by atoms with E-state index in [2.05, 4.69) is 55.4 Å². The van der Waals surface area contributed by atoms with Crippen molar-refractivity contribution in [1.82, 2.24) is 0 Å². The van der Waals surface area contributed by atoms with Crippen LogP contribution in [-0.4, -0.2) is 20.8 Å². The molecule has 0 heterocycles. The molecule has 0 aromatic rings. The van der Waals surface area contributed by atoms with E-state index >= 15 is 0 Å². The highest BCUT2D eigenvalue weighted by Gasteiger charge is 2.41. The van der Waals surface area contributed by atoms with E-state index in [9.17, 15) is 0 Å². The minimum Gasteiger partial charge on any atom is -0.392 e. The molecule has 0 spiro atoms. The Morgan fingerprint density at radius 3 is 1.24 bits per heavy atom. The summed E-state index contributed by atoms with van der Waals surface area (Å²) in [5.74, 6) is 1.40. The topological polar surface area (TPSA) is 18.5 Å². The van der Waals surface area contributed by atoms with Crippen molar-refractivity contribution >= 4 is 8.56 Å². The molecule has 0 bridgehead atoms. The highest BCUT2D eigenvalue weighted by molar-refractivity contribution is 6.67. The molecule has 128 valence electrons. The van der Waals surface area contributed by atoms with Crippen LogP contribution in [0.3, 0.4) is 0 Å². The summed E-state index contributed by atoms with van der Waals surface area (Å²) >= 11 is 0. The van der Waals surface area contributed by atoms with Crippen LogP contribution in [0, 0.1) is 11.8 Å². The third kappa shape index (κ3) is 9.70. The van der Waals surface area contributed by atoms with Crippen molar-refractivity contribution in [3.8, 4) is 0 Å². The van der Waals surface area contributed by atoms with Crippen molar-refractivity contribution in [3.63, 3.8) is 0 Å². The molecule has 3 heteroatoms. The molecular weight excluding hydrogens is 276 g/mol. The molecule has 0 fully saturated rings. The molecule has 0 saturated carbocycles. The van der Waals surface area contributed by atoms with Crippen LogP contribution in [-0.2, 0) is 8.85 Å². The third-order valence-corrected chi connectivity index (χ3v) is 8.22. The average molecular weight is 317 g/mol. The van der Waals surface area contributed by atoms with Crippen molar-refractivity contribution < 1.29 is 8.85 Å². The first kappa shape index (κ1) is 21.1. The maximum absolute atomic E-state index is 6.50. The minimum atomic E-state index is -2.12. The molecule has 2 nitrogen and oxygen atoms in total. The van der Waals surface area contributed by atoms with Crippen molar-refractivity contribution in [1.29, 1.82) is 0 Å². The maximum atomic E-state index is 6.50. The lowest BCUT2D eigenvalue weighted by molar-refractivity contribution is 0.0974. The van der Waals surface area contributed by atoms with E-state index in [0.717, 1.165) is 12.1 Å². The standard InChI is InChI=1S/C18H40O2Si/c1-9-11-17(7)13-21(19-15(3)4,20-16(5)6)14-18(8)12-10-2/h15-18H,9-14H2,1-8H3. The van der Waals surface area contributed by atoms with Crippen molar-refractivity contribution in [2.75, 3.05) is 0 Å². The Labute approximate surface area is 135 Å². The normalized spacial score (nSPS) is 15.7. The number of hydrogen-bond acceptors (Lipinski definition) is 2. The highest BCUT2D eigenvalue weighted by atomic mass is 28.4. The molecular formula is C18H40O2Si. The van der Waals surface area contributed by atoms with Gasteiger partial charge >= 0.3 is 8.56 Å². The largest absolute Gasteiger partial charge is 0.392 e. The van der Waals surface area contributed by atoms with Crippen LogP contribution >= 0.6 is 0 Å². The van der Waals surface area contributed by atoms with Crippen LogP contribution in [0.4, 0.5) is 0 Å². The SMILES string of the molecule is CCCC(C)C[Si](CC(C)CCC)(OC(C)C)OC(C)C. The fraction of sp³-hybridized carbons (Fsp3) is 1.00. The maximum Gasteiger partial charge on any atom is 0.339 e. The van der Waals surface area contributed by atoms with Gasteiger partial charge in [0.25, 0.3) is 0 Å². The predicted molar refractivity (Wildman–Crippen MR) is 96.0 cm³/mol. The van der Waals surface area contributed by atoms with Gasteiger partial charge < -0.3 is 8.85 Å². The molecule has 2 atom stereocenters. The number of hydrogen-bond donors (Lipinski definition) is 0. The lowest BCUT2D eigenvalue weighted by Gasteiger charge is -2.38. The second kappa shape index (κ2) is 10.8. The van der Waals surface area contributed by atoms with Gasteiger partial charge in [0.15, 0.2) is 0 Å². The molecule has 0 saturated heterocycles.